The van der Waals surface area contributed by atoms with Crippen LogP contribution in [0.25, 0.3) is 76.5 Å². The number of benzene rings is 8. The predicted octanol–water partition coefficient (Wildman–Crippen LogP) is 11.9. The molecule has 0 saturated heterocycles. The summed E-state index contributed by atoms with van der Waals surface area (Å²) in [6, 6.07) is 54.1. The summed E-state index contributed by atoms with van der Waals surface area (Å²) < 4.78 is 0. The molecule has 1 aliphatic rings. The summed E-state index contributed by atoms with van der Waals surface area (Å²) in [5, 5.41) is 10.4. The maximum Gasteiger partial charge on any atom is 0.0159 e. The summed E-state index contributed by atoms with van der Waals surface area (Å²) >= 11 is 0. The van der Waals surface area contributed by atoms with Crippen molar-refractivity contribution in [2.75, 3.05) is 0 Å². The fraction of sp³-hybridized carbons (Fsp3) is 0.0698. The summed E-state index contributed by atoms with van der Waals surface area (Å²) in [5.74, 6) is 0. The average molecular weight is 547 g/mol. The number of hydrogen-bond donors (Lipinski definition) is 0. The van der Waals surface area contributed by atoms with Crippen molar-refractivity contribution in [1.29, 1.82) is 0 Å². The lowest BCUT2D eigenvalue weighted by atomic mass is 9.80. The molecule has 0 heterocycles. The number of hydrogen-bond acceptors (Lipinski definition) is 0. The summed E-state index contributed by atoms with van der Waals surface area (Å²) in [7, 11) is 0. The van der Waals surface area contributed by atoms with Crippen molar-refractivity contribution >= 4 is 43.1 Å². The molecule has 1 aliphatic carbocycles. The summed E-state index contributed by atoms with van der Waals surface area (Å²) in [5.41, 5.74) is 10.6. The van der Waals surface area contributed by atoms with E-state index in [1.807, 2.05) is 0 Å². The molecule has 0 spiro atoms. The molecule has 8 aromatic rings. The largest absolute Gasteiger partial charge is 0.0622 e. The van der Waals surface area contributed by atoms with Crippen molar-refractivity contribution in [1.82, 2.24) is 0 Å². The maximum atomic E-state index is 2.50. The molecular weight excluding hydrogens is 516 g/mol. The highest BCUT2D eigenvalue weighted by molar-refractivity contribution is 6.28. The van der Waals surface area contributed by atoms with E-state index in [0.717, 1.165) is 0 Å². The van der Waals surface area contributed by atoms with Crippen LogP contribution < -0.4 is 0 Å². The topological polar surface area (TPSA) is 0 Å². The first-order valence-corrected chi connectivity index (χ1v) is 15.2. The molecule has 0 radical (unpaired) electrons. The van der Waals surface area contributed by atoms with E-state index in [1.54, 1.807) is 0 Å². The van der Waals surface area contributed by atoms with Crippen LogP contribution in [0.4, 0.5) is 0 Å². The molecule has 43 heavy (non-hydrogen) atoms. The van der Waals surface area contributed by atoms with Gasteiger partial charge >= 0.3 is 0 Å². The molecule has 0 unspecified atom stereocenters. The summed E-state index contributed by atoms with van der Waals surface area (Å²) in [6.07, 6.45) is 0. The van der Waals surface area contributed by atoms with Gasteiger partial charge in [-0.3, -0.25) is 0 Å². The molecular formula is C43H30. The van der Waals surface area contributed by atoms with Crippen molar-refractivity contribution in [2.24, 2.45) is 0 Å². The molecule has 0 saturated carbocycles. The first-order valence-electron chi connectivity index (χ1n) is 15.2. The van der Waals surface area contributed by atoms with Crippen LogP contribution in [0.5, 0.6) is 0 Å². The first kappa shape index (κ1) is 24.4. The maximum absolute atomic E-state index is 2.50. The van der Waals surface area contributed by atoms with Crippen LogP contribution in [-0.4, -0.2) is 0 Å². The zero-order valence-electron chi connectivity index (χ0n) is 24.4. The molecule has 0 amide bonds. The Morgan fingerprint density at radius 3 is 1.74 bits per heavy atom. The predicted molar refractivity (Wildman–Crippen MR) is 185 cm³/mol. The summed E-state index contributed by atoms with van der Waals surface area (Å²) in [6.45, 7) is 4.78. The van der Waals surface area contributed by atoms with Gasteiger partial charge in [-0.05, 0) is 93.7 Å². The van der Waals surface area contributed by atoms with E-state index in [4.69, 9.17) is 0 Å². The third-order valence-electron chi connectivity index (χ3n) is 9.83. The highest BCUT2D eigenvalue weighted by atomic mass is 14.4. The van der Waals surface area contributed by atoms with E-state index in [2.05, 4.69) is 159 Å². The second-order valence-electron chi connectivity index (χ2n) is 12.5. The van der Waals surface area contributed by atoms with Gasteiger partial charge in [0.05, 0.1) is 0 Å². The lowest BCUT2D eigenvalue weighted by Crippen LogP contribution is -2.15. The quantitative estimate of drug-likeness (QED) is 0.149. The molecule has 0 nitrogen and oxygen atoms in total. The average Bonchev–Trinajstić information content (AvgIpc) is 3.29. The Kier molecular flexibility index (Phi) is 5.05. The lowest BCUT2D eigenvalue weighted by molar-refractivity contribution is 0.661. The van der Waals surface area contributed by atoms with Crippen molar-refractivity contribution in [3.8, 4) is 33.4 Å². The fourth-order valence-electron chi connectivity index (χ4n) is 7.83. The van der Waals surface area contributed by atoms with Crippen molar-refractivity contribution in [2.45, 2.75) is 19.3 Å². The molecule has 9 rings (SSSR count). The molecule has 202 valence electrons. The van der Waals surface area contributed by atoms with Crippen LogP contribution in [0.1, 0.15) is 25.0 Å². The SMILES string of the molecule is CC1(C)c2cc(-c3c4ccccc4c(-c4ccccc4)c4ccc5ccccc5c34)ccc2-c2c1ccc1ccccc21. The van der Waals surface area contributed by atoms with Crippen molar-refractivity contribution < 1.29 is 0 Å². The van der Waals surface area contributed by atoms with E-state index < -0.39 is 0 Å². The van der Waals surface area contributed by atoms with Crippen molar-refractivity contribution in [3.05, 3.63) is 157 Å². The van der Waals surface area contributed by atoms with Gasteiger partial charge in [0, 0.05) is 5.41 Å². The third kappa shape index (κ3) is 3.38. The number of rotatable bonds is 2. The molecule has 8 aromatic carbocycles. The molecule has 0 atom stereocenters. The van der Waals surface area contributed by atoms with Crippen molar-refractivity contribution in [3.63, 3.8) is 0 Å². The monoisotopic (exact) mass is 546 g/mol. The molecule has 0 aliphatic heterocycles. The van der Waals surface area contributed by atoms with Gasteiger partial charge in [-0.25, -0.2) is 0 Å². The minimum absolute atomic E-state index is 0.0949. The Labute approximate surface area is 251 Å². The minimum atomic E-state index is -0.0949. The Morgan fingerprint density at radius 1 is 0.372 bits per heavy atom. The van der Waals surface area contributed by atoms with Crippen LogP contribution >= 0.6 is 0 Å². The lowest BCUT2D eigenvalue weighted by Gasteiger charge is -2.23. The molecule has 0 heteroatoms. The molecule has 0 bridgehead atoms. The van der Waals surface area contributed by atoms with Crippen LogP contribution in [0.2, 0.25) is 0 Å². The van der Waals surface area contributed by atoms with E-state index in [-0.39, 0.29) is 5.41 Å². The first-order chi connectivity index (χ1) is 21.1. The number of fused-ring (bicyclic) bond motifs is 9. The normalized spacial score (nSPS) is 13.5. The second-order valence-corrected chi connectivity index (χ2v) is 12.5. The Bertz CT molecular complexity index is 2410. The highest BCUT2D eigenvalue weighted by Crippen LogP contribution is 2.53. The second kappa shape index (κ2) is 8.90. The molecule has 0 fully saturated rings. The van der Waals surface area contributed by atoms with E-state index in [9.17, 15) is 0 Å². The standard InChI is InChI=1S/C43H30/c1-43(2)37-25-22-28-13-6-8-16-31(28)41(37)35-23-21-30(26-38(35)43)40-34-19-11-10-18-33(34)39(29-14-4-3-5-15-29)36-24-20-27-12-7-9-17-32(27)42(36)40/h3-26H,1-2H3. The van der Waals surface area contributed by atoms with Gasteiger partial charge in [0.25, 0.3) is 0 Å². The Hall–Kier alpha value is -5.20. The molecule has 0 N–H and O–H groups in total. The minimum Gasteiger partial charge on any atom is -0.0622 e. The van der Waals surface area contributed by atoms with E-state index in [1.165, 1.54) is 87.6 Å². The van der Waals surface area contributed by atoms with Crippen LogP contribution in [0, 0.1) is 0 Å². The van der Waals surface area contributed by atoms with Crippen LogP contribution in [0.3, 0.4) is 0 Å². The van der Waals surface area contributed by atoms with Gasteiger partial charge in [-0.15, -0.1) is 0 Å². The Balaban J connectivity index is 1.42. The summed E-state index contributed by atoms with van der Waals surface area (Å²) in [4.78, 5) is 0. The fourth-order valence-corrected chi connectivity index (χ4v) is 7.83. The van der Waals surface area contributed by atoms with Crippen LogP contribution in [0.15, 0.2) is 146 Å². The van der Waals surface area contributed by atoms with Gasteiger partial charge in [-0.1, -0.05) is 153 Å². The van der Waals surface area contributed by atoms with E-state index in [0.29, 0.717) is 0 Å². The van der Waals surface area contributed by atoms with Gasteiger partial charge in [-0.2, -0.15) is 0 Å². The third-order valence-corrected chi connectivity index (χ3v) is 9.83. The Morgan fingerprint density at radius 2 is 0.977 bits per heavy atom. The zero-order valence-corrected chi connectivity index (χ0v) is 24.4. The van der Waals surface area contributed by atoms with Gasteiger partial charge in [0.1, 0.15) is 0 Å². The van der Waals surface area contributed by atoms with Gasteiger partial charge in [0.2, 0.25) is 0 Å². The van der Waals surface area contributed by atoms with Crippen LogP contribution in [-0.2, 0) is 5.41 Å². The van der Waals surface area contributed by atoms with Gasteiger partial charge in [0.15, 0.2) is 0 Å². The smallest absolute Gasteiger partial charge is 0.0159 e. The highest BCUT2D eigenvalue weighted by Gasteiger charge is 2.36. The molecule has 0 aromatic heterocycles. The zero-order chi connectivity index (χ0) is 28.7. The van der Waals surface area contributed by atoms with E-state index >= 15 is 0 Å². The van der Waals surface area contributed by atoms with Gasteiger partial charge < -0.3 is 0 Å².